The molecule has 0 unspecified atom stereocenters. The Labute approximate surface area is 157 Å². The van der Waals surface area contributed by atoms with Crippen LogP contribution in [-0.2, 0) is 19.4 Å². The zero-order valence-corrected chi connectivity index (χ0v) is 16.3. The monoisotopic (exact) mass is 392 g/mol. The average Bonchev–Trinajstić information content (AvgIpc) is 2.54. The second-order valence-corrected chi connectivity index (χ2v) is 8.86. The Hall–Kier alpha value is -2.32. The zero-order chi connectivity index (χ0) is 19.3. The molecule has 2 aromatic rings. The molecule has 0 aliphatic heterocycles. The van der Waals surface area contributed by atoms with Crippen molar-refractivity contribution >= 4 is 44.8 Å². The first-order valence-electron chi connectivity index (χ1n) is 7.76. The Morgan fingerprint density at radius 1 is 1.04 bits per heavy atom. The summed E-state index contributed by atoms with van der Waals surface area (Å²) in [5.74, 6) is -0.187. The number of hydrogen-bond acceptors (Lipinski definition) is 5. The number of amides is 2. The molecule has 0 saturated heterocycles. The Morgan fingerprint density at radius 3 is 2.27 bits per heavy atom. The molecule has 0 bridgehead atoms. The van der Waals surface area contributed by atoms with E-state index in [4.69, 9.17) is 0 Å². The molecule has 0 aromatic heterocycles. The van der Waals surface area contributed by atoms with Crippen LogP contribution in [0.25, 0.3) is 0 Å². The van der Waals surface area contributed by atoms with Gasteiger partial charge in [-0.25, -0.2) is 8.42 Å². The second-order valence-electron chi connectivity index (χ2n) is 5.79. The third kappa shape index (κ3) is 5.89. The van der Waals surface area contributed by atoms with Crippen LogP contribution in [0.3, 0.4) is 0 Å². The first-order chi connectivity index (χ1) is 12.1. The molecule has 8 heteroatoms. The molecule has 2 rings (SSSR count). The van der Waals surface area contributed by atoms with Crippen LogP contribution in [0.5, 0.6) is 0 Å². The van der Waals surface area contributed by atoms with E-state index >= 15 is 0 Å². The summed E-state index contributed by atoms with van der Waals surface area (Å²) in [7, 11) is -3.33. The lowest BCUT2D eigenvalue weighted by Crippen LogP contribution is -2.15. The zero-order valence-electron chi connectivity index (χ0n) is 14.7. The number of rotatable bonds is 6. The Balaban J connectivity index is 1.98. The van der Waals surface area contributed by atoms with Gasteiger partial charge in [0, 0.05) is 29.4 Å². The lowest BCUT2D eigenvalue weighted by atomic mass is 10.2. The van der Waals surface area contributed by atoms with Crippen molar-refractivity contribution in [2.45, 2.75) is 23.6 Å². The number of carbonyl (C=O) groups excluding carboxylic acids is 2. The summed E-state index contributed by atoms with van der Waals surface area (Å²) in [5, 5.41) is 5.43. The van der Waals surface area contributed by atoms with Gasteiger partial charge in [-0.15, -0.1) is 11.8 Å². The molecule has 2 aromatic carbocycles. The van der Waals surface area contributed by atoms with Crippen LogP contribution in [0.1, 0.15) is 12.5 Å². The van der Waals surface area contributed by atoms with E-state index in [1.54, 1.807) is 25.1 Å². The highest BCUT2D eigenvalue weighted by Crippen LogP contribution is 2.23. The van der Waals surface area contributed by atoms with E-state index in [2.05, 4.69) is 10.6 Å². The van der Waals surface area contributed by atoms with Crippen molar-refractivity contribution in [1.82, 2.24) is 0 Å². The molecule has 0 fully saturated rings. The van der Waals surface area contributed by atoms with Crippen molar-refractivity contribution in [3.05, 3.63) is 48.0 Å². The van der Waals surface area contributed by atoms with Crippen LogP contribution in [0.4, 0.5) is 11.4 Å². The highest BCUT2D eigenvalue weighted by atomic mass is 32.2. The van der Waals surface area contributed by atoms with Crippen LogP contribution in [0.15, 0.2) is 52.3 Å². The van der Waals surface area contributed by atoms with Gasteiger partial charge in [0.05, 0.1) is 10.6 Å². The molecule has 138 valence electrons. The van der Waals surface area contributed by atoms with Gasteiger partial charge < -0.3 is 10.6 Å². The Bertz CT molecular complexity index is 923. The Morgan fingerprint density at radius 2 is 1.69 bits per heavy atom. The van der Waals surface area contributed by atoms with Crippen molar-refractivity contribution in [2.75, 3.05) is 22.6 Å². The van der Waals surface area contributed by atoms with Gasteiger partial charge in [0.25, 0.3) is 0 Å². The largest absolute Gasteiger partial charge is 0.326 e. The molecule has 0 spiro atoms. The summed E-state index contributed by atoms with van der Waals surface area (Å²) in [4.78, 5) is 24.2. The van der Waals surface area contributed by atoms with Crippen LogP contribution in [0, 0.1) is 6.92 Å². The van der Waals surface area contributed by atoms with Gasteiger partial charge in [-0.1, -0.05) is 6.07 Å². The number of thioether (sulfide) groups is 1. The maximum absolute atomic E-state index is 12.2. The first-order valence-corrected chi connectivity index (χ1v) is 10.6. The molecule has 6 nitrogen and oxygen atoms in total. The highest BCUT2D eigenvalue weighted by Gasteiger charge is 2.11. The van der Waals surface area contributed by atoms with Gasteiger partial charge in [0.1, 0.15) is 0 Å². The Kier molecular flexibility index (Phi) is 6.44. The van der Waals surface area contributed by atoms with Gasteiger partial charge in [0.15, 0.2) is 9.84 Å². The minimum Gasteiger partial charge on any atom is -0.326 e. The van der Waals surface area contributed by atoms with E-state index in [-0.39, 0.29) is 22.5 Å². The predicted molar refractivity (Wildman–Crippen MR) is 104 cm³/mol. The first kappa shape index (κ1) is 20.0. The summed E-state index contributed by atoms with van der Waals surface area (Å²) in [6.45, 7) is 3.24. The normalized spacial score (nSPS) is 11.0. The molecule has 2 amide bonds. The van der Waals surface area contributed by atoms with E-state index in [1.807, 2.05) is 12.1 Å². The molecular formula is C18H20N2O4S2. The minimum absolute atomic E-state index is 0.142. The summed E-state index contributed by atoms with van der Waals surface area (Å²) >= 11 is 1.35. The molecular weight excluding hydrogens is 372 g/mol. The molecule has 0 saturated carbocycles. The maximum Gasteiger partial charge on any atom is 0.234 e. The molecule has 0 aliphatic rings. The summed E-state index contributed by atoms with van der Waals surface area (Å²) in [6.07, 6.45) is 1.13. The van der Waals surface area contributed by atoms with Crippen molar-refractivity contribution < 1.29 is 18.0 Å². The number of carbonyl (C=O) groups is 2. The number of anilines is 2. The van der Waals surface area contributed by atoms with Gasteiger partial charge in [0.2, 0.25) is 11.8 Å². The number of benzene rings is 2. The second kappa shape index (κ2) is 8.37. The van der Waals surface area contributed by atoms with Gasteiger partial charge >= 0.3 is 0 Å². The number of sulfone groups is 1. The van der Waals surface area contributed by atoms with E-state index in [0.717, 1.165) is 16.7 Å². The fourth-order valence-electron chi connectivity index (χ4n) is 2.14. The van der Waals surface area contributed by atoms with Crippen LogP contribution in [0.2, 0.25) is 0 Å². The average molecular weight is 393 g/mol. The number of nitrogens with one attached hydrogen (secondary N) is 2. The van der Waals surface area contributed by atoms with Crippen molar-refractivity contribution in [1.29, 1.82) is 0 Å². The molecule has 0 aliphatic carbocycles. The van der Waals surface area contributed by atoms with Crippen LogP contribution < -0.4 is 10.6 Å². The van der Waals surface area contributed by atoms with Crippen molar-refractivity contribution in [2.24, 2.45) is 0 Å². The van der Waals surface area contributed by atoms with E-state index in [9.17, 15) is 18.0 Å². The predicted octanol–water partition coefficient (Wildman–Crippen LogP) is 3.09. The van der Waals surface area contributed by atoms with Gasteiger partial charge in [-0.2, -0.15) is 0 Å². The quantitative estimate of drug-likeness (QED) is 0.737. The lowest BCUT2D eigenvalue weighted by Gasteiger charge is -2.10. The van der Waals surface area contributed by atoms with Gasteiger partial charge in [-0.3, -0.25) is 9.59 Å². The lowest BCUT2D eigenvalue weighted by molar-refractivity contribution is -0.114. The summed E-state index contributed by atoms with van der Waals surface area (Å²) in [6, 6.07) is 11.8. The molecule has 0 atom stereocenters. The van der Waals surface area contributed by atoms with Crippen LogP contribution in [-0.4, -0.2) is 32.2 Å². The van der Waals surface area contributed by atoms with Crippen molar-refractivity contribution in [3.8, 4) is 0 Å². The topological polar surface area (TPSA) is 92.3 Å². The molecule has 26 heavy (non-hydrogen) atoms. The molecule has 2 N–H and O–H groups in total. The van der Waals surface area contributed by atoms with E-state index in [0.29, 0.717) is 11.4 Å². The third-order valence-corrected chi connectivity index (χ3v) is 5.58. The fraction of sp³-hybridized carbons (Fsp3) is 0.222. The highest BCUT2D eigenvalue weighted by molar-refractivity contribution is 8.00. The summed E-state index contributed by atoms with van der Waals surface area (Å²) < 4.78 is 23.3. The van der Waals surface area contributed by atoms with E-state index in [1.165, 1.54) is 30.8 Å². The maximum atomic E-state index is 12.2. The molecule has 0 radical (unpaired) electrons. The standard InChI is InChI=1S/C18H20N2O4S2/c1-12-4-9-16(26(3,23)24)10-17(12)20-18(22)11-25-15-7-5-14(6-8-15)19-13(2)21/h4-10H,11H2,1-3H3,(H,19,21)(H,20,22). The SMILES string of the molecule is CC(=O)Nc1ccc(SCC(=O)Nc2cc(S(C)(=O)=O)ccc2C)cc1. The van der Waals surface area contributed by atoms with E-state index < -0.39 is 9.84 Å². The summed E-state index contributed by atoms with van der Waals surface area (Å²) in [5.41, 5.74) is 1.97. The van der Waals surface area contributed by atoms with Crippen LogP contribution >= 0.6 is 11.8 Å². The fourth-order valence-corrected chi connectivity index (χ4v) is 3.48. The smallest absolute Gasteiger partial charge is 0.234 e. The van der Waals surface area contributed by atoms with Crippen molar-refractivity contribution in [3.63, 3.8) is 0 Å². The molecule has 0 heterocycles. The minimum atomic E-state index is -3.33. The number of aryl methyl sites for hydroxylation is 1. The number of hydrogen-bond donors (Lipinski definition) is 2. The third-order valence-electron chi connectivity index (χ3n) is 3.46. The van der Waals surface area contributed by atoms with Gasteiger partial charge in [-0.05, 0) is 48.9 Å².